The summed E-state index contributed by atoms with van der Waals surface area (Å²) in [5, 5.41) is 0.869. The van der Waals surface area contributed by atoms with Crippen LogP contribution in [0.2, 0.25) is 0 Å². The minimum atomic E-state index is -0.281. The molecule has 0 saturated carbocycles. The highest BCUT2D eigenvalue weighted by molar-refractivity contribution is 5.92. The van der Waals surface area contributed by atoms with Crippen molar-refractivity contribution in [1.82, 2.24) is 9.97 Å². The van der Waals surface area contributed by atoms with Crippen molar-refractivity contribution in [3.8, 4) is 0 Å². The fraction of sp³-hybridized carbons (Fsp3) is 0.0667. The topological polar surface area (TPSA) is 55.0 Å². The maximum Gasteiger partial charge on any atom is 0.144 e. The fourth-order valence-corrected chi connectivity index (χ4v) is 2.13. The predicted molar refractivity (Wildman–Crippen MR) is 78.4 cm³/mol. The lowest BCUT2D eigenvalue weighted by molar-refractivity contribution is 0.628. The van der Waals surface area contributed by atoms with Gasteiger partial charge in [-0.1, -0.05) is 6.07 Å². The lowest BCUT2D eigenvalue weighted by Crippen LogP contribution is -2.12. The maximum atomic E-state index is 13.3. The van der Waals surface area contributed by atoms with Crippen LogP contribution in [0.3, 0.4) is 0 Å². The van der Waals surface area contributed by atoms with Crippen LogP contribution in [0.15, 0.2) is 48.8 Å². The van der Waals surface area contributed by atoms with E-state index in [1.807, 2.05) is 24.1 Å². The zero-order valence-corrected chi connectivity index (χ0v) is 10.9. The Morgan fingerprint density at radius 1 is 1.10 bits per heavy atom. The Labute approximate surface area is 115 Å². The first-order valence-corrected chi connectivity index (χ1v) is 6.15. The zero-order valence-electron chi connectivity index (χ0n) is 10.9. The van der Waals surface area contributed by atoms with Gasteiger partial charge in [-0.25, -0.2) is 14.4 Å². The summed E-state index contributed by atoms with van der Waals surface area (Å²) in [6, 6.07) is 11.8. The highest BCUT2D eigenvalue weighted by Crippen LogP contribution is 2.29. The van der Waals surface area contributed by atoms with Gasteiger partial charge in [0.2, 0.25) is 0 Å². The summed E-state index contributed by atoms with van der Waals surface area (Å²) in [4.78, 5) is 10.3. The summed E-state index contributed by atoms with van der Waals surface area (Å²) in [7, 11) is 1.84. The van der Waals surface area contributed by atoms with E-state index in [1.54, 1.807) is 18.2 Å². The van der Waals surface area contributed by atoms with E-state index in [2.05, 4.69) is 9.97 Å². The molecule has 0 saturated heterocycles. The molecule has 0 aliphatic heterocycles. The lowest BCUT2D eigenvalue weighted by atomic mass is 10.2. The van der Waals surface area contributed by atoms with Crippen LogP contribution in [0.4, 0.5) is 21.6 Å². The molecule has 20 heavy (non-hydrogen) atoms. The first-order valence-electron chi connectivity index (χ1n) is 6.15. The molecule has 0 bridgehead atoms. The van der Waals surface area contributed by atoms with Crippen LogP contribution >= 0.6 is 0 Å². The van der Waals surface area contributed by atoms with Crippen LogP contribution in [0, 0.1) is 5.82 Å². The number of hydrogen-bond donors (Lipinski definition) is 1. The quantitative estimate of drug-likeness (QED) is 0.725. The van der Waals surface area contributed by atoms with Crippen molar-refractivity contribution in [3.05, 3.63) is 54.6 Å². The summed E-state index contributed by atoms with van der Waals surface area (Å²) in [5.41, 5.74) is 7.89. The van der Waals surface area contributed by atoms with Crippen molar-refractivity contribution in [2.45, 2.75) is 0 Å². The SMILES string of the molecule is CN(c1cccc(F)c1)c1ncnc2cc(N)ccc12. The van der Waals surface area contributed by atoms with Gasteiger partial charge in [0, 0.05) is 23.8 Å². The van der Waals surface area contributed by atoms with Gasteiger partial charge >= 0.3 is 0 Å². The van der Waals surface area contributed by atoms with Gasteiger partial charge in [-0.2, -0.15) is 0 Å². The zero-order chi connectivity index (χ0) is 14.1. The Bertz CT molecular complexity index is 773. The Balaban J connectivity index is 2.14. The van der Waals surface area contributed by atoms with Crippen LogP contribution in [-0.2, 0) is 0 Å². The van der Waals surface area contributed by atoms with Crippen molar-refractivity contribution in [3.63, 3.8) is 0 Å². The van der Waals surface area contributed by atoms with Crippen molar-refractivity contribution in [2.75, 3.05) is 17.7 Å². The molecule has 0 atom stereocenters. The summed E-state index contributed by atoms with van der Waals surface area (Å²) in [6.45, 7) is 0. The van der Waals surface area contributed by atoms with E-state index < -0.39 is 0 Å². The number of benzene rings is 2. The standard InChI is InChI=1S/C15H13FN4/c1-20(12-4-2-3-10(16)7-12)15-13-6-5-11(17)8-14(13)18-9-19-15/h2-9H,17H2,1H3. The highest BCUT2D eigenvalue weighted by Gasteiger charge is 2.11. The molecule has 3 aromatic rings. The van der Waals surface area contributed by atoms with Crippen LogP contribution in [-0.4, -0.2) is 17.0 Å². The Hall–Kier alpha value is -2.69. The molecule has 1 aromatic heterocycles. The molecule has 0 aliphatic rings. The van der Waals surface area contributed by atoms with Gasteiger partial charge in [0.05, 0.1) is 5.52 Å². The normalized spacial score (nSPS) is 10.7. The largest absolute Gasteiger partial charge is 0.399 e. The molecule has 100 valence electrons. The number of nitrogens with two attached hydrogens (primary N) is 1. The average Bonchev–Trinajstić information content (AvgIpc) is 2.45. The number of halogens is 1. The fourth-order valence-electron chi connectivity index (χ4n) is 2.13. The molecular weight excluding hydrogens is 255 g/mol. The third-order valence-electron chi connectivity index (χ3n) is 3.15. The molecule has 4 nitrogen and oxygen atoms in total. The smallest absolute Gasteiger partial charge is 0.144 e. The number of hydrogen-bond acceptors (Lipinski definition) is 4. The van der Waals surface area contributed by atoms with Crippen LogP contribution in [0.1, 0.15) is 0 Å². The van der Waals surface area contributed by atoms with Crippen molar-refractivity contribution < 1.29 is 4.39 Å². The Morgan fingerprint density at radius 3 is 2.75 bits per heavy atom. The second kappa shape index (κ2) is 4.77. The van der Waals surface area contributed by atoms with Crippen LogP contribution in [0.25, 0.3) is 10.9 Å². The molecule has 2 N–H and O–H groups in total. The van der Waals surface area contributed by atoms with Crippen LogP contribution in [0.5, 0.6) is 0 Å². The van der Waals surface area contributed by atoms with Gasteiger partial charge in [0.1, 0.15) is 18.0 Å². The predicted octanol–water partition coefficient (Wildman–Crippen LogP) is 3.12. The molecule has 0 radical (unpaired) electrons. The van der Waals surface area contributed by atoms with Gasteiger partial charge in [-0.3, -0.25) is 0 Å². The molecular formula is C15H13FN4. The van der Waals surface area contributed by atoms with E-state index in [4.69, 9.17) is 5.73 Å². The average molecular weight is 268 g/mol. The molecule has 5 heteroatoms. The summed E-state index contributed by atoms with van der Waals surface area (Å²) in [6.07, 6.45) is 1.48. The van der Waals surface area contributed by atoms with Crippen molar-refractivity contribution in [2.24, 2.45) is 0 Å². The summed E-state index contributed by atoms with van der Waals surface area (Å²) in [5.74, 6) is 0.428. The second-order valence-corrected chi connectivity index (χ2v) is 4.51. The molecule has 1 heterocycles. The first kappa shape index (κ1) is 12.3. The first-order chi connectivity index (χ1) is 9.65. The molecule has 0 aliphatic carbocycles. The number of rotatable bonds is 2. The molecule has 0 fully saturated rings. The van der Waals surface area contributed by atoms with E-state index >= 15 is 0 Å². The van der Waals surface area contributed by atoms with Gasteiger partial charge < -0.3 is 10.6 Å². The van der Waals surface area contributed by atoms with Crippen molar-refractivity contribution >= 4 is 28.1 Å². The number of fused-ring (bicyclic) bond motifs is 1. The van der Waals surface area contributed by atoms with Crippen molar-refractivity contribution in [1.29, 1.82) is 0 Å². The van der Waals surface area contributed by atoms with E-state index in [0.717, 1.165) is 16.6 Å². The molecule has 0 amide bonds. The van der Waals surface area contributed by atoms with Gasteiger partial charge in [0.25, 0.3) is 0 Å². The van der Waals surface area contributed by atoms with Crippen LogP contribution < -0.4 is 10.6 Å². The minimum Gasteiger partial charge on any atom is -0.399 e. The number of nitrogens with zero attached hydrogens (tertiary/aromatic N) is 3. The molecule has 0 unspecified atom stereocenters. The third kappa shape index (κ3) is 2.14. The molecule has 3 rings (SSSR count). The monoisotopic (exact) mass is 268 g/mol. The molecule has 2 aromatic carbocycles. The number of nitrogen functional groups attached to an aromatic ring is 1. The highest BCUT2D eigenvalue weighted by atomic mass is 19.1. The third-order valence-corrected chi connectivity index (χ3v) is 3.15. The van der Waals surface area contributed by atoms with Gasteiger partial charge in [-0.05, 0) is 36.4 Å². The van der Waals surface area contributed by atoms with E-state index in [1.165, 1.54) is 18.5 Å². The second-order valence-electron chi connectivity index (χ2n) is 4.51. The van der Waals surface area contributed by atoms with Gasteiger partial charge in [0.15, 0.2) is 0 Å². The minimum absolute atomic E-state index is 0.281. The van der Waals surface area contributed by atoms with Gasteiger partial charge in [-0.15, -0.1) is 0 Å². The summed E-state index contributed by atoms with van der Waals surface area (Å²) < 4.78 is 13.3. The number of aromatic nitrogens is 2. The Kier molecular flexibility index (Phi) is 2.95. The number of anilines is 3. The maximum absolute atomic E-state index is 13.3. The van der Waals surface area contributed by atoms with E-state index in [-0.39, 0.29) is 5.82 Å². The van der Waals surface area contributed by atoms with E-state index in [0.29, 0.717) is 11.5 Å². The Morgan fingerprint density at radius 2 is 1.95 bits per heavy atom. The lowest BCUT2D eigenvalue weighted by Gasteiger charge is -2.19. The summed E-state index contributed by atoms with van der Waals surface area (Å²) >= 11 is 0. The molecule has 0 spiro atoms. The van der Waals surface area contributed by atoms with E-state index in [9.17, 15) is 4.39 Å².